The largest absolute Gasteiger partial charge is 1.00 e. The molecular weight excluding hydrogens is 451 g/mol. The van der Waals surface area contributed by atoms with Gasteiger partial charge in [0.05, 0.1) is 18.8 Å². The van der Waals surface area contributed by atoms with Crippen LogP contribution in [0.4, 0.5) is 0 Å². The molecule has 0 rings (SSSR count). The van der Waals surface area contributed by atoms with Gasteiger partial charge in [0.15, 0.2) is 0 Å². The minimum atomic E-state index is -1.56. The number of hydrogen-bond acceptors (Lipinski definition) is 2. The molecule has 0 bridgehead atoms. The van der Waals surface area contributed by atoms with Crippen LogP contribution in [0.2, 0.25) is 0 Å². The Morgan fingerprint density at radius 2 is 0.538 bits per heavy atom. The predicted octanol–water partition coefficient (Wildman–Crippen LogP) is -3.71. The molecule has 164 valence electrons. The summed E-state index contributed by atoms with van der Waals surface area (Å²) in [7, 11) is 25.2. The Balaban J connectivity index is -0.000000173. The third-order valence-corrected chi connectivity index (χ3v) is 13.1. The number of halogens is 2. The van der Waals surface area contributed by atoms with E-state index in [1.54, 1.807) is 18.8 Å². The minimum absolute atomic E-state index is 0. The van der Waals surface area contributed by atoms with Gasteiger partial charge in [0.2, 0.25) is 15.0 Å². The number of rotatable bonds is 6. The zero-order valence-electron chi connectivity index (χ0n) is 18.6. The van der Waals surface area contributed by atoms with E-state index in [0.29, 0.717) is 0 Å². The minimum Gasteiger partial charge on any atom is -1.00 e. The Morgan fingerprint density at radius 3 is 0.538 bits per heavy atom. The van der Waals surface area contributed by atoms with Gasteiger partial charge < -0.3 is 24.8 Å². The first kappa shape index (κ1) is 35.1. The second-order valence-electron chi connectivity index (χ2n) is 6.44. The maximum atomic E-state index is 4.53. The maximum absolute atomic E-state index is 4.53. The van der Waals surface area contributed by atoms with Crippen molar-refractivity contribution in [2.75, 3.05) is 84.6 Å². The van der Waals surface area contributed by atoms with E-state index in [-0.39, 0.29) is 24.8 Å². The fourth-order valence-electron chi connectivity index (χ4n) is 2.91. The Hall–Kier alpha value is 1.66. The lowest BCUT2D eigenvalue weighted by Gasteiger charge is -2.38. The Kier molecular flexibility index (Phi) is 20.9. The molecule has 0 saturated heterocycles. The molecule has 0 amide bonds. The smallest absolute Gasteiger partial charge is 0.206 e. The highest BCUT2D eigenvalue weighted by Crippen LogP contribution is 2.56. The molecule has 0 N–H and O–H groups in total. The van der Waals surface area contributed by atoms with Crippen LogP contribution in [-0.2, 0) is 0 Å². The van der Waals surface area contributed by atoms with E-state index in [1.807, 2.05) is 0 Å². The van der Waals surface area contributed by atoms with Gasteiger partial charge in [-0.15, -0.1) is 9.03 Å². The summed E-state index contributed by atoms with van der Waals surface area (Å²) in [6, 6.07) is 0. The van der Waals surface area contributed by atoms with E-state index in [2.05, 4.69) is 122 Å². The molecule has 0 aromatic carbocycles. The zero-order chi connectivity index (χ0) is 19.9. The average Bonchev–Trinajstić information content (AvgIpc) is 2.39. The molecule has 0 saturated carbocycles. The molecule has 0 radical (unpaired) electrons. The van der Waals surface area contributed by atoms with Crippen molar-refractivity contribution in [2.24, 2.45) is 9.03 Å². The molecule has 0 aliphatic carbocycles. The van der Waals surface area contributed by atoms with Crippen molar-refractivity contribution >= 4 is 33.8 Å². The SMILES string of the molecule is CN(C)P(=N[PH3+])(N(C)C)N(C)C.CN(C)P(=N[PH3+])(N(C)C)N(C)C.[Cl-].[Cl-]. The molecule has 0 spiro atoms. The maximum Gasteiger partial charge on any atom is 0.206 e. The van der Waals surface area contributed by atoms with Crippen molar-refractivity contribution in [2.45, 2.75) is 0 Å². The first-order valence-electron chi connectivity index (χ1n) is 7.60. The van der Waals surface area contributed by atoms with Gasteiger partial charge in [-0.2, -0.15) is 0 Å². The Bertz CT molecular complexity index is 371. The van der Waals surface area contributed by atoms with Crippen molar-refractivity contribution in [3.8, 4) is 0 Å². The average molecular weight is 493 g/mol. The summed E-state index contributed by atoms with van der Waals surface area (Å²) in [5, 5.41) is 0. The Morgan fingerprint density at radius 1 is 0.423 bits per heavy atom. The molecule has 8 nitrogen and oxygen atoms in total. The topological polar surface area (TPSA) is 44.2 Å². The van der Waals surface area contributed by atoms with Crippen molar-refractivity contribution in [3.63, 3.8) is 0 Å². The molecular formula is C12H42Cl2N8P4. The standard InChI is InChI=1S/2C6H20N4P2.2ClH/c2*1-8(2)12(7-11,9(3)4)10(5)6;;/h2*11H2,1-6H3;2*1H. The van der Waals surface area contributed by atoms with Gasteiger partial charge in [-0.05, 0) is 84.6 Å². The molecule has 0 fully saturated rings. The highest BCUT2D eigenvalue weighted by molar-refractivity contribution is 7.62. The third kappa shape index (κ3) is 8.19. The summed E-state index contributed by atoms with van der Waals surface area (Å²) in [5.74, 6) is 0. The van der Waals surface area contributed by atoms with E-state index in [1.165, 1.54) is 0 Å². The fraction of sp³-hybridized carbons (Fsp3) is 1.00. The molecule has 26 heavy (non-hydrogen) atoms. The van der Waals surface area contributed by atoms with Crippen LogP contribution in [0.25, 0.3) is 0 Å². The summed E-state index contributed by atoms with van der Waals surface area (Å²) in [5.41, 5.74) is 0. The Labute approximate surface area is 180 Å². The van der Waals surface area contributed by atoms with Crippen LogP contribution in [-0.4, -0.2) is 113 Å². The monoisotopic (exact) mass is 492 g/mol. The lowest BCUT2D eigenvalue weighted by Crippen LogP contribution is -3.00. The van der Waals surface area contributed by atoms with Crippen molar-refractivity contribution in [1.82, 2.24) is 28.0 Å². The van der Waals surface area contributed by atoms with Gasteiger partial charge in [0, 0.05) is 0 Å². The van der Waals surface area contributed by atoms with E-state index in [0.717, 1.165) is 0 Å². The second kappa shape index (κ2) is 15.5. The third-order valence-electron chi connectivity index (χ3n) is 3.60. The van der Waals surface area contributed by atoms with E-state index in [4.69, 9.17) is 0 Å². The zero-order valence-corrected chi connectivity index (χ0v) is 24.8. The van der Waals surface area contributed by atoms with Crippen molar-refractivity contribution in [3.05, 3.63) is 0 Å². The summed E-state index contributed by atoms with van der Waals surface area (Å²) in [4.78, 5) is 0. The normalized spacial score (nSPS) is 12.4. The molecule has 0 aromatic rings. The highest BCUT2D eigenvalue weighted by Gasteiger charge is 2.29. The summed E-state index contributed by atoms with van der Waals surface area (Å²) < 4.78 is 22.2. The van der Waals surface area contributed by atoms with Crippen LogP contribution in [0.1, 0.15) is 0 Å². The van der Waals surface area contributed by atoms with Gasteiger partial charge in [0.1, 0.15) is 0 Å². The van der Waals surface area contributed by atoms with Crippen LogP contribution >= 0.6 is 33.8 Å². The van der Waals surface area contributed by atoms with E-state index in [9.17, 15) is 0 Å². The first-order valence-corrected chi connectivity index (χ1v) is 12.1. The fourth-order valence-corrected chi connectivity index (χ4v) is 13.3. The highest BCUT2D eigenvalue weighted by atomic mass is 35.5. The summed E-state index contributed by atoms with van der Waals surface area (Å²) in [6.07, 6.45) is 0. The van der Waals surface area contributed by atoms with Crippen LogP contribution in [0.3, 0.4) is 0 Å². The van der Waals surface area contributed by atoms with Gasteiger partial charge in [0.25, 0.3) is 0 Å². The van der Waals surface area contributed by atoms with Gasteiger partial charge >= 0.3 is 0 Å². The molecule has 0 aliphatic heterocycles. The molecule has 14 heteroatoms. The van der Waals surface area contributed by atoms with Crippen LogP contribution < -0.4 is 24.8 Å². The van der Waals surface area contributed by atoms with Gasteiger partial charge in [-0.25, -0.2) is 28.0 Å². The van der Waals surface area contributed by atoms with Gasteiger partial charge in [-0.3, -0.25) is 0 Å². The molecule has 0 heterocycles. The number of hydrogen-bond donors (Lipinski definition) is 0. The van der Waals surface area contributed by atoms with Crippen LogP contribution in [0.5, 0.6) is 0 Å². The van der Waals surface area contributed by atoms with E-state index < -0.39 is 15.0 Å². The quantitative estimate of drug-likeness (QED) is 0.355. The van der Waals surface area contributed by atoms with Crippen molar-refractivity contribution in [1.29, 1.82) is 0 Å². The predicted molar refractivity (Wildman–Crippen MR) is 123 cm³/mol. The summed E-state index contributed by atoms with van der Waals surface area (Å²) >= 11 is 0. The lowest BCUT2D eigenvalue weighted by molar-refractivity contribution is -0.00100. The van der Waals surface area contributed by atoms with E-state index >= 15 is 0 Å². The second-order valence-corrected chi connectivity index (χ2v) is 15.6. The molecule has 0 aromatic heterocycles. The molecule has 0 aliphatic rings. The molecule has 2 unspecified atom stereocenters. The van der Waals surface area contributed by atoms with Crippen LogP contribution in [0.15, 0.2) is 9.03 Å². The first-order chi connectivity index (χ1) is 10.8. The number of nitrogens with zero attached hydrogens (tertiary/aromatic N) is 8. The van der Waals surface area contributed by atoms with Gasteiger partial charge in [-0.1, -0.05) is 0 Å². The van der Waals surface area contributed by atoms with Crippen LogP contribution in [0, 0.1) is 0 Å². The van der Waals surface area contributed by atoms with Crippen molar-refractivity contribution < 1.29 is 24.8 Å². The summed E-state index contributed by atoms with van der Waals surface area (Å²) in [6.45, 7) is 0. The lowest BCUT2D eigenvalue weighted by atomic mass is 11.2. The molecule has 2 atom stereocenters.